The SMILES string of the molecule is CC(C)[C@H](CC(=O)O)NCc1ccccc1. The molecule has 1 aromatic rings. The highest BCUT2D eigenvalue weighted by atomic mass is 16.4. The fraction of sp³-hybridized carbons (Fsp3) is 0.462. The fourth-order valence-electron chi connectivity index (χ4n) is 1.58. The van der Waals surface area contributed by atoms with Crippen molar-refractivity contribution >= 4 is 5.97 Å². The average Bonchev–Trinajstić information content (AvgIpc) is 2.25. The van der Waals surface area contributed by atoms with Gasteiger partial charge in [0.15, 0.2) is 0 Å². The fourth-order valence-corrected chi connectivity index (χ4v) is 1.58. The average molecular weight is 221 g/mol. The van der Waals surface area contributed by atoms with Gasteiger partial charge < -0.3 is 10.4 Å². The molecule has 0 radical (unpaired) electrons. The molecular formula is C13H19NO2. The van der Waals surface area contributed by atoms with Crippen LogP contribution in [0.3, 0.4) is 0 Å². The molecule has 0 saturated heterocycles. The summed E-state index contributed by atoms with van der Waals surface area (Å²) in [6, 6.07) is 10.0. The van der Waals surface area contributed by atoms with E-state index in [1.165, 1.54) is 5.56 Å². The molecule has 0 aliphatic carbocycles. The molecule has 0 unspecified atom stereocenters. The van der Waals surface area contributed by atoms with Crippen LogP contribution in [0, 0.1) is 5.92 Å². The van der Waals surface area contributed by atoms with Crippen molar-refractivity contribution in [1.29, 1.82) is 0 Å². The lowest BCUT2D eigenvalue weighted by Crippen LogP contribution is -2.35. The molecule has 0 aliphatic heterocycles. The Kier molecular flexibility index (Phi) is 4.99. The quantitative estimate of drug-likeness (QED) is 0.774. The molecule has 0 saturated carbocycles. The molecule has 0 amide bonds. The van der Waals surface area contributed by atoms with Gasteiger partial charge in [-0.1, -0.05) is 44.2 Å². The largest absolute Gasteiger partial charge is 0.481 e. The third-order valence-electron chi connectivity index (χ3n) is 2.61. The van der Waals surface area contributed by atoms with Gasteiger partial charge in [-0.05, 0) is 11.5 Å². The zero-order chi connectivity index (χ0) is 12.0. The third kappa shape index (κ3) is 4.45. The number of carboxylic acid groups (broad SMARTS) is 1. The number of hydrogen-bond donors (Lipinski definition) is 2. The molecule has 1 aromatic carbocycles. The molecular weight excluding hydrogens is 202 g/mol. The minimum absolute atomic E-state index is 0.0257. The number of carboxylic acids is 1. The predicted molar refractivity (Wildman–Crippen MR) is 64.2 cm³/mol. The van der Waals surface area contributed by atoms with E-state index in [0.29, 0.717) is 5.92 Å². The van der Waals surface area contributed by atoms with E-state index in [2.05, 4.69) is 5.32 Å². The lowest BCUT2D eigenvalue weighted by atomic mass is 10.0. The molecule has 88 valence electrons. The summed E-state index contributed by atoms with van der Waals surface area (Å²) in [7, 11) is 0. The van der Waals surface area contributed by atoms with Gasteiger partial charge in [-0.3, -0.25) is 4.79 Å². The lowest BCUT2D eigenvalue weighted by Gasteiger charge is -2.20. The molecule has 0 fully saturated rings. The van der Waals surface area contributed by atoms with E-state index >= 15 is 0 Å². The standard InChI is InChI=1S/C13H19NO2/c1-10(2)12(8-13(15)16)14-9-11-6-4-3-5-7-11/h3-7,10,12,14H,8-9H2,1-2H3,(H,15,16)/t12-/m0/s1. The molecule has 1 rings (SSSR count). The molecule has 0 aliphatic rings. The Morgan fingerprint density at radius 1 is 1.31 bits per heavy atom. The Bertz CT molecular complexity index is 322. The monoisotopic (exact) mass is 221 g/mol. The smallest absolute Gasteiger partial charge is 0.304 e. The second-order valence-corrected chi connectivity index (χ2v) is 4.31. The van der Waals surface area contributed by atoms with Crippen molar-refractivity contribution < 1.29 is 9.90 Å². The van der Waals surface area contributed by atoms with Crippen LogP contribution in [0.1, 0.15) is 25.8 Å². The molecule has 0 aromatic heterocycles. The Morgan fingerprint density at radius 2 is 1.94 bits per heavy atom. The summed E-state index contributed by atoms with van der Waals surface area (Å²) in [5, 5.41) is 12.1. The minimum Gasteiger partial charge on any atom is -0.481 e. The van der Waals surface area contributed by atoms with Crippen LogP contribution in [0.5, 0.6) is 0 Å². The van der Waals surface area contributed by atoms with Crippen molar-refractivity contribution in [2.24, 2.45) is 5.92 Å². The van der Waals surface area contributed by atoms with Crippen LogP contribution in [0.4, 0.5) is 0 Å². The van der Waals surface area contributed by atoms with E-state index in [0.717, 1.165) is 6.54 Å². The van der Waals surface area contributed by atoms with Crippen molar-refractivity contribution in [3.63, 3.8) is 0 Å². The Hall–Kier alpha value is -1.35. The van der Waals surface area contributed by atoms with Crippen LogP contribution in [0.15, 0.2) is 30.3 Å². The van der Waals surface area contributed by atoms with Gasteiger partial charge >= 0.3 is 5.97 Å². The topological polar surface area (TPSA) is 49.3 Å². The third-order valence-corrected chi connectivity index (χ3v) is 2.61. The number of rotatable bonds is 6. The van der Waals surface area contributed by atoms with Crippen molar-refractivity contribution in [2.75, 3.05) is 0 Å². The minimum atomic E-state index is -0.751. The van der Waals surface area contributed by atoms with E-state index in [-0.39, 0.29) is 12.5 Å². The summed E-state index contributed by atoms with van der Waals surface area (Å²) in [6.07, 6.45) is 0.171. The summed E-state index contributed by atoms with van der Waals surface area (Å²) in [6.45, 7) is 4.79. The van der Waals surface area contributed by atoms with Gasteiger partial charge in [0.25, 0.3) is 0 Å². The normalized spacial score (nSPS) is 12.7. The van der Waals surface area contributed by atoms with Crippen LogP contribution < -0.4 is 5.32 Å². The maximum absolute atomic E-state index is 10.7. The molecule has 1 atom stereocenters. The first-order chi connectivity index (χ1) is 7.59. The number of carbonyl (C=O) groups is 1. The highest BCUT2D eigenvalue weighted by molar-refractivity contribution is 5.67. The van der Waals surface area contributed by atoms with Gasteiger partial charge in [0, 0.05) is 12.6 Å². The van der Waals surface area contributed by atoms with Gasteiger partial charge in [0.1, 0.15) is 0 Å². The summed E-state index contributed by atoms with van der Waals surface area (Å²) in [4.78, 5) is 10.7. The number of aliphatic carboxylic acids is 1. The number of nitrogens with one attached hydrogen (secondary N) is 1. The second kappa shape index (κ2) is 6.28. The van der Waals surface area contributed by atoms with Gasteiger partial charge in [0.2, 0.25) is 0 Å². The summed E-state index contributed by atoms with van der Waals surface area (Å²) < 4.78 is 0. The molecule has 0 heterocycles. The maximum atomic E-state index is 10.7. The second-order valence-electron chi connectivity index (χ2n) is 4.31. The van der Waals surface area contributed by atoms with Crippen LogP contribution >= 0.6 is 0 Å². The van der Waals surface area contributed by atoms with Crippen molar-refractivity contribution in [1.82, 2.24) is 5.32 Å². The van der Waals surface area contributed by atoms with Gasteiger partial charge in [-0.2, -0.15) is 0 Å². The lowest BCUT2D eigenvalue weighted by molar-refractivity contribution is -0.137. The van der Waals surface area contributed by atoms with Gasteiger partial charge in [0.05, 0.1) is 6.42 Å². The van der Waals surface area contributed by atoms with E-state index < -0.39 is 5.97 Å². The Labute approximate surface area is 96.5 Å². The molecule has 3 nitrogen and oxygen atoms in total. The van der Waals surface area contributed by atoms with Gasteiger partial charge in [-0.15, -0.1) is 0 Å². The predicted octanol–water partition coefficient (Wildman–Crippen LogP) is 2.28. The maximum Gasteiger partial charge on any atom is 0.304 e. The zero-order valence-electron chi connectivity index (χ0n) is 9.81. The molecule has 3 heteroatoms. The van der Waals surface area contributed by atoms with Crippen molar-refractivity contribution in [3.8, 4) is 0 Å². The molecule has 16 heavy (non-hydrogen) atoms. The highest BCUT2D eigenvalue weighted by Crippen LogP contribution is 2.08. The first kappa shape index (κ1) is 12.7. The van der Waals surface area contributed by atoms with E-state index in [1.54, 1.807) is 0 Å². The van der Waals surface area contributed by atoms with Crippen LogP contribution in [0.2, 0.25) is 0 Å². The Balaban J connectivity index is 2.47. The van der Waals surface area contributed by atoms with Crippen molar-refractivity contribution in [3.05, 3.63) is 35.9 Å². The molecule has 0 spiro atoms. The van der Waals surface area contributed by atoms with Crippen LogP contribution in [0.25, 0.3) is 0 Å². The first-order valence-electron chi connectivity index (χ1n) is 5.58. The zero-order valence-corrected chi connectivity index (χ0v) is 9.81. The van der Waals surface area contributed by atoms with E-state index in [9.17, 15) is 4.79 Å². The van der Waals surface area contributed by atoms with E-state index in [1.807, 2.05) is 44.2 Å². The summed E-state index contributed by atoms with van der Waals surface area (Å²) >= 11 is 0. The summed E-state index contributed by atoms with van der Waals surface area (Å²) in [5.74, 6) is -0.431. The van der Waals surface area contributed by atoms with Crippen LogP contribution in [-0.2, 0) is 11.3 Å². The first-order valence-corrected chi connectivity index (χ1v) is 5.58. The number of hydrogen-bond acceptors (Lipinski definition) is 2. The van der Waals surface area contributed by atoms with E-state index in [4.69, 9.17) is 5.11 Å². The van der Waals surface area contributed by atoms with Crippen molar-refractivity contribution in [2.45, 2.75) is 32.9 Å². The molecule has 0 bridgehead atoms. The molecule has 2 N–H and O–H groups in total. The number of benzene rings is 1. The highest BCUT2D eigenvalue weighted by Gasteiger charge is 2.16. The van der Waals surface area contributed by atoms with Crippen LogP contribution in [-0.4, -0.2) is 17.1 Å². The Morgan fingerprint density at radius 3 is 2.44 bits per heavy atom. The van der Waals surface area contributed by atoms with Gasteiger partial charge in [-0.25, -0.2) is 0 Å². The summed E-state index contributed by atoms with van der Waals surface area (Å²) in [5.41, 5.74) is 1.18.